The molecule has 0 atom stereocenters. The molecule has 3 aromatic rings. The summed E-state index contributed by atoms with van der Waals surface area (Å²) >= 11 is 12.6. The highest BCUT2D eigenvalue weighted by molar-refractivity contribution is 6.32. The van der Waals surface area contributed by atoms with Crippen LogP contribution in [-0.2, 0) is 6.54 Å². The lowest BCUT2D eigenvalue weighted by Gasteiger charge is -2.08. The van der Waals surface area contributed by atoms with Crippen LogP contribution in [0.2, 0.25) is 10.0 Å². The van der Waals surface area contributed by atoms with Crippen LogP contribution in [0, 0.1) is 0 Å². The summed E-state index contributed by atoms with van der Waals surface area (Å²) in [6.45, 7) is 3.31. The molecule has 0 saturated carbocycles. The first-order valence-electron chi connectivity index (χ1n) is 12.6. The number of nitrogens with zero attached hydrogens (tertiary/aromatic N) is 1. The number of aromatic nitrogens is 1. The number of unbranched alkanes of at least 4 members (excludes halogenated alkanes) is 13. The lowest BCUT2D eigenvalue weighted by molar-refractivity contribution is 0.528. The van der Waals surface area contributed by atoms with Crippen molar-refractivity contribution in [2.24, 2.45) is 0 Å². The molecule has 0 amide bonds. The molecule has 0 aliphatic rings. The monoisotopic (exact) mass is 459 g/mol. The van der Waals surface area contributed by atoms with Crippen molar-refractivity contribution >= 4 is 45.0 Å². The van der Waals surface area contributed by atoms with Crippen LogP contribution in [0.3, 0.4) is 0 Å². The molecule has 2 aromatic carbocycles. The maximum atomic E-state index is 6.30. The van der Waals surface area contributed by atoms with E-state index in [1.165, 1.54) is 112 Å². The summed E-state index contributed by atoms with van der Waals surface area (Å²) in [7, 11) is 0. The molecule has 0 saturated heterocycles. The Bertz CT molecular complexity index is 868. The maximum absolute atomic E-state index is 6.30. The molecule has 0 unspecified atom stereocenters. The first-order chi connectivity index (χ1) is 15.2. The van der Waals surface area contributed by atoms with Crippen molar-refractivity contribution in [2.45, 2.75) is 103 Å². The van der Waals surface area contributed by atoms with Gasteiger partial charge in [0.15, 0.2) is 0 Å². The van der Waals surface area contributed by atoms with Crippen LogP contribution in [0.1, 0.15) is 96.8 Å². The van der Waals surface area contributed by atoms with Crippen LogP contribution in [0.25, 0.3) is 21.8 Å². The number of rotatable bonds is 15. The maximum Gasteiger partial charge on any atom is 0.0506 e. The van der Waals surface area contributed by atoms with E-state index < -0.39 is 0 Å². The predicted octanol–water partition coefficient (Wildman–Crippen LogP) is 10.6. The number of fused-ring (bicyclic) bond motifs is 3. The van der Waals surface area contributed by atoms with Crippen LogP contribution < -0.4 is 0 Å². The second-order valence-corrected chi connectivity index (χ2v) is 9.94. The highest BCUT2D eigenvalue weighted by Gasteiger charge is 2.11. The van der Waals surface area contributed by atoms with Crippen LogP contribution in [0.4, 0.5) is 0 Å². The van der Waals surface area contributed by atoms with Crippen molar-refractivity contribution in [3.63, 3.8) is 0 Å². The van der Waals surface area contributed by atoms with Gasteiger partial charge < -0.3 is 4.57 Å². The second-order valence-electron chi connectivity index (χ2n) is 9.07. The molecule has 0 spiro atoms. The predicted molar refractivity (Wildman–Crippen MR) is 140 cm³/mol. The summed E-state index contributed by atoms with van der Waals surface area (Å²) in [6, 6.07) is 12.4. The van der Waals surface area contributed by atoms with E-state index in [9.17, 15) is 0 Å². The molecule has 31 heavy (non-hydrogen) atoms. The molecule has 0 bridgehead atoms. The Morgan fingerprint density at radius 1 is 0.548 bits per heavy atom. The van der Waals surface area contributed by atoms with Crippen molar-refractivity contribution < 1.29 is 0 Å². The molecule has 170 valence electrons. The van der Waals surface area contributed by atoms with Crippen LogP contribution >= 0.6 is 23.2 Å². The Morgan fingerprint density at radius 3 is 1.35 bits per heavy atom. The van der Waals surface area contributed by atoms with Gasteiger partial charge in [-0.3, -0.25) is 0 Å². The minimum atomic E-state index is 0.795. The number of aryl methyl sites for hydroxylation is 1. The van der Waals surface area contributed by atoms with Gasteiger partial charge in [-0.1, -0.05) is 126 Å². The smallest absolute Gasteiger partial charge is 0.0506 e. The number of hydrogen-bond donors (Lipinski definition) is 0. The fraction of sp³-hybridized carbons (Fsp3) is 0.571. The van der Waals surface area contributed by atoms with Gasteiger partial charge in [0, 0.05) is 27.4 Å². The summed E-state index contributed by atoms with van der Waals surface area (Å²) < 4.78 is 2.41. The fourth-order valence-corrected chi connectivity index (χ4v) is 5.08. The average Bonchev–Trinajstić information content (AvgIpc) is 3.05. The van der Waals surface area contributed by atoms with Gasteiger partial charge in [0.05, 0.1) is 11.0 Å². The van der Waals surface area contributed by atoms with Crippen molar-refractivity contribution in [3.8, 4) is 0 Å². The van der Waals surface area contributed by atoms with Gasteiger partial charge in [0.2, 0.25) is 0 Å². The Labute approximate surface area is 199 Å². The zero-order chi connectivity index (χ0) is 21.9. The quantitative estimate of drug-likeness (QED) is 0.199. The molecule has 3 heteroatoms. The van der Waals surface area contributed by atoms with Gasteiger partial charge in [-0.2, -0.15) is 0 Å². The third-order valence-electron chi connectivity index (χ3n) is 6.53. The van der Waals surface area contributed by atoms with Crippen molar-refractivity contribution in [3.05, 3.63) is 46.4 Å². The van der Waals surface area contributed by atoms with E-state index in [1.807, 2.05) is 12.1 Å². The molecular weight excluding hydrogens is 421 g/mol. The van der Waals surface area contributed by atoms with Crippen LogP contribution in [0.15, 0.2) is 36.4 Å². The molecule has 3 rings (SSSR count). The SMILES string of the molecule is CCCCCCCCCCCCCCCCn1c2cc(Cl)ccc2c2ccc(Cl)cc21. The first-order valence-corrected chi connectivity index (χ1v) is 13.3. The number of benzene rings is 2. The van der Waals surface area contributed by atoms with Crippen LogP contribution in [0.5, 0.6) is 0 Å². The Hall–Kier alpha value is -1.18. The molecule has 0 fully saturated rings. The van der Waals surface area contributed by atoms with Gasteiger partial charge in [0.25, 0.3) is 0 Å². The molecule has 0 aliphatic heterocycles. The molecule has 0 aliphatic carbocycles. The normalized spacial score (nSPS) is 11.7. The van der Waals surface area contributed by atoms with E-state index in [0.29, 0.717) is 0 Å². The topological polar surface area (TPSA) is 4.93 Å². The van der Waals surface area contributed by atoms with E-state index in [2.05, 4.69) is 35.8 Å². The zero-order valence-electron chi connectivity index (χ0n) is 19.3. The van der Waals surface area contributed by atoms with Crippen LogP contribution in [-0.4, -0.2) is 4.57 Å². The van der Waals surface area contributed by atoms with Crippen molar-refractivity contribution in [1.82, 2.24) is 4.57 Å². The minimum Gasteiger partial charge on any atom is -0.340 e. The van der Waals surface area contributed by atoms with Gasteiger partial charge in [-0.05, 0) is 30.7 Å². The molecule has 0 N–H and O–H groups in total. The molecule has 0 radical (unpaired) electrons. The third-order valence-corrected chi connectivity index (χ3v) is 7.00. The number of hydrogen-bond acceptors (Lipinski definition) is 0. The fourth-order valence-electron chi connectivity index (χ4n) is 4.75. The molecule has 1 nitrogen and oxygen atoms in total. The second kappa shape index (κ2) is 13.4. The first kappa shape index (κ1) is 24.5. The van der Waals surface area contributed by atoms with Gasteiger partial charge in [-0.25, -0.2) is 0 Å². The highest BCUT2D eigenvalue weighted by Crippen LogP contribution is 2.33. The summed E-state index contributed by atoms with van der Waals surface area (Å²) in [5.74, 6) is 0. The Balaban J connectivity index is 1.36. The van der Waals surface area contributed by atoms with E-state index in [0.717, 1.165) is 16.6 Å². The Morgan fingerprint density at radius 2 is 0.935 bits per heavy atom. The van der Waals surface area contributed by atoms with Gasteiger partial charge in [0.1, 0.15) is 0 Å². The molecule has 1 heterocycles. The number of halogens is 2. The van der Waals surface area contributed by atoms with Crippen molar-refractivity contribution in [2.75, 3.05) is 0 Å². The lowest BCUT2D eigenvalue weighted by atomic mass is 10.0. The summed E-state index contributed by atoms with van der Waals surface area (Å²) in [5, 5.41) is 4.12. The molecule has 1 aromatic heterocycles. The van der Waals surface area contributed by atoms with E-state index in [-0.39, 0.29) is 0 Å². The third kappa shape index (κ3) is 7.43. The summed E-state index contributed by atoms with van der Waals surface area (Å²) in [5.41, 5.74) is 2.44. The van der Waals surface area contributed by atoms with Gasteiger partial charge >= 0.3 is 0 Å². The largest absolute Gasteiger partial charge is 0.340 e. The van der Waals surface area contributed by atoms with E-state index >= 15 is 0 Å². The van der Waals surface area contributed by atoms with Crippen molar-refractivity contribution in [1.29, 1.82) is 0 Å². The highest BCUT2D eigenvalue weighted by atomic mass is 35.5. The zero-order valence-corrected chi connectivity index (χ0v) is 20.8. The summed E-state index contributed by atoms with van der Waals surface area (Å²) in [6.07, 6.45) is 19.4. The molecular formula is C28H39Cl2N. The average molecular weight is 461 g/mol. The lowest BCUT2D eigenvalue weighted by Crippen LogP contribution is -1.97. The van der Waals surface area contributed by atoms with E-state index in [1.54, 1.807) is 0 Å². The minimum absolute atomic E-state index is 0.795. The summed E-state index contributed by atoms with van der Waals surface area (Å²) in [4.78, 5) is 0. The standard InChI is InChI=1S/C28H39Cl2N/c1-2-3-4-5-6-7-8-9-10-11-12-13-14-15-20-31-27-21-23(29)16-18-25(27)26-19-17-24(30)22-28(26)31/h16-19,21-22H,2-15,20H2,1H3. The van der Waals surface area contributed by atoms with E-state index in [4.69, 9.17) is 23.2 Å². The Kier molecular flexibility index (Phi) is 10.6. The van der Waals surface area contributed by atoms with Gasteiger partial charge in [-0.15, -0.1) is 0 Å².